The smallest absolute Gasteiger partial charge is 0.176 e. The van der Waals surface area contributed by atoms with E-state index in [9.17, 15) is 4.79 Å². The molecule has 1 aromatic rings. The summed E-state index contributed by atoms with van der Waals surface area (Å²) in [6.07, 6.45) is 1.11. The summed E-state index contributed by atoms with van der Waals surface area (Å²) >= 11 is 11.8. The monoisotopic (exact) mass is 300 g/mol. The molecule has 3 nitrogen and oxygen atoms in total. The predicted octanol–water partition coefficient (Wildman–Crippen LogP) is 2.81. The summed E-state index contributed by atoms with van der Waals surface area (Å²) in [5.74, 6) is 0.0953. The molecule has 1 aliphatic heterocycles. The lowest BCUT2D eigenvalue weighted by Crippen LogP contribution is -2.33. The number of carbonyl (C=O) groups excluding carboxylic acids is 1. The second-order valence-electron chi connectivity index (χ2n) is 5.19. The van der Waals surface area contributed by atoms with Gasteiger partial charge < -0.3 is 4.90 Å². The van der Waals surface area contributed by atoms with Gasteiger partial charge in [0.25, 0.3) is 0 Å². The Morgan fingerprint density at radius 1 is 1.37 bits per heavy atom. The number of likely N-dealkylation sites (N-methyl/N-ethyl adjacent to an activating group) is 1. The number of carbonyl (C=O) groups is 1. The molecule has 0 bridgehead atoms. The van der Waals surface area contributed by atoms with Crippen molar-refractivity contribution in [3.63, 3.8) is 0 Å². The Bertz CT molecular complexity index is 477. The molecule has 1 fully saturated rings. The normalized spacial score (nSPS) is 20.2. The summed E-state index contributed by atoms with van der Waals surface area (Å²) in [7, 11) is 4.16. The molecule has 19 heavy (non-hydrogen) atoms. The molecule has 0 radical (unpaired) electrons. The van der Waals surface area contributed by atoms with E-state index in [0.29, 0.717) is 28.2 Å². The minimum atomic E-state index is 0.0953. The summed E-state index contributed by atoms with van der Waals surface area (Å²) in [6, 6.07) is 5.59. The highest BCUT2D eigenvalue weighted by atomic mass is 35.5. The number of hydrogen-bond donors (Lipinski definition) is 0. The van der Waals surface area contributed by atoms with Crippen LogP contribution in [-0.4, -0.2) is 55.4 Å². The molecule has 0 amide bonds. The first-order valence-corrected chi connectivity index (χ1v) is 7.10. The Morgan fingerprint density at radius 3 is 2.68 bits per heavy atom. The van der Waals surface area contributed by atoms with Crippen molar-refractivity contribution in [3.05, 3.63) is 33.8 Å². The fourth-order valence-corrected chi connectivity index (χ4v) is 2.64. The van der Waals surface area contributed by atoms with Gasteiger partial charge in [0.1, 0.15) is 0 Å². The van der Waals surface area contributed by atoms with Crippen molar-refractivity contribution in [1.29, 1.82) is 0 Å². The van der Waals surface area contributed by atoms with Gasteiger partial charge in [0.2, 0.25) is 0 Å². The van der Waals surface area contributed by atoms with Gasteiger partial charge in [-0.05, 0) is 38.7 Å². The largest absolute Gasteiger partial charge is 0.305 e. The molecule has 1 unspecified atom stereocenters. The average Bonchev–Trinajstić information content (AvgIpc) is 2.81. The van der Waals surface area contributed by atoms with Gasteiger partial charge in [-0.25, -0.2) is 0 Å². The molecule has 0 aliphatic carbocycles. The second-order valence-corrected chi connectivity index (χ2v) is 6.01. The Kier molecular flexibility index (Phi) is 4.85. The van der Waals surface area contributed by atoms with Crippen LogP contribution in [0.4, 0.5) is 0 Å². The van der Waals surface area contributed by atoms with Gasteiger partial charge >= 0.3 is 0 Å². The molecule has 0 N–H and O–H groups in total. The van der Waals surface area contributed by atoms with Gasteiger partial charge in [0, 0.05) is 24.7 Å². The van der Waals surface area contributed by atoms with E-state index in [0.717, 1.165) is 19.5 Å². The molecular weight excluding hydrogens is 283 g/mol. The maximum Gasteiger partial charge on any atom is 0.176 e. The molecule has 1 aliphatic rings. The van der Waals surface area contributed by atoms with E-state index in [1.165, 1.54) is 0 Å². The highest BCUT2D eigenvalue weighted by Gasteiger charge is 2.25. The lowest BCUT2D eigenvalue weighted by Gasteiger charge is -2.19. The Labute approximate surface area is 124 Å². The molecule has 0 spiro atoms. The molecule has 104 valence electrons. The maximum absolute atomic E-state index is 12.2. The first-order chi connectivity index (χ1) is 8.97. The molecule has 1 saturated heterocycles. The molecule has 1 aromatic carbocycles. The summed E-state index contributed by atoms with van der Waals surface area (Å²) in [6.45, 7) is 2.36. The van der Waals surface area contributed by atoms with Crippen LogP contribution in [0.3, 0.4) is 0 Å². The van der Waals surface area contributed by atoms with Crippen LogP contribution in [0.1, 0.15) is 16.8 Å². The minimum Gasteiger partial charge on any atom is -0.305 e. The average molecular weight is 301 g/mol. The molecule has 2 rings (SSSR count). The van der Waals surface area contributed by atoms with Crippen molar-refractivity contribution in [1.82, 2.24) is 9.80 Å². The number of benzene rings is 1. The van der Waals surface area contributed by atoms with Gasteiger partial charge in [0.15, 0.2) is 5.78 Å². The SMILES string of the molecule is CN(C)C1CCN(CC(=O)c2ccc(Cl)c(Cl)c2)C1. The quantitative estimate of drug-likeness (QED) is 0.799. The Hall–Kier alpha value is -0.610. The number of rotatable bonds is 4. The predicted molar refractivity (Wildman–Crippen MR) is 79.3 cm³/mol. The van der Waals surface area contributed by atoms with Crippen LogP contribution in [0.25, 0.3) is 0 Å². The van der Waals surface area contributed by atoms with Gasteiger partial charge in [-0.15, -0.1) is 0 Å². The zero-order valence-electron chi connectivity index (χ0n) is 11.2. The third kappa shape index (κ3) is 3.69. The molecule has 1 atom stereocenters. The number of likely N-dealkylation sites (tertiary alicyclic amines) is 1. The topological polar surface area (TPSA) is 23.6 Å². The van der Waals surface area contributed by atoms with Gasteiger partial charge in [-0.1, -0.05) is 23.2 Å². The Balaban J connectivity index is 1.96. The number of nitrogens with zero attached hydrogens (tertiary/aromatic N) is 2. The summed E-state index contributed by atoms with van der Waals surface area (Å²) < 4.78 is 0. The first kappa shape index (κ1) is 14.8. The van der Waals surface area contributed by atoms with E-state index in [4.69, 9.17) is 23.2 Å². The van der Waals surface area contributed by atoms with Crippen molar-refractivity contribution in [2.24, 2.45) is 0 Å². The minimum absolute atomic E-state index is 0.0953. The number of halogens is 2. The zero-order valence-corrected chi connectivity index (χ0v) is 12.7. The van der Waals surface area contributed by atoms with E-state index in [1.807, 2.05) is 0 Å². The van der Waals surface area contributed by atoms with Crippen molar-refractivity contribution >= 4 is 29.0 Å². The van der Waals surface area contributed by atoms with Crippen LogP contribution in [0.2, 0.25) is 10.0 Å². The number of ketones is 1. The summed E-state index contributed by atoms with van der Waals surface area (Å²) in [5.41, 5.74) is 0.628. The highest BCUT2D eigenvalue weighted by Crippen LogP contribution is 2.23. The van der Waals surface area contributed by atoms with Gasteiger partial charge in [-0.2, -0.15) is 0 Å². The van der Waals surface area contributed by atoms with Crippen molar-refractivity contribution < 1.29 is 4.79 Å². The van der Waals surface area contributed by atoms with Crippen molar-refractivity contribution in [3.8, 4) is 0 Å². The number of hydrogen-bond acceptors (Lipinski definition) is 3. The van der Waals surface area contributed by atoms with Crippen LogP contribution in [0, 0.1) is 0 Å². The third-order valence-electron chi connectivity index (χ3n) is 3.59. The summed E-state index contributed by atoms with van der Waals surface area (Å²) in [5, 5.41) is 0.909. The molecular formula is C14H18Cl2N2O. The fourth-order valence-electron chi connectivity index (χ4n) is 2.34. The lowest BCUT2D eigenvalue weighted by molar-refractivity contribution is 0.0941. The molecule has 1 heterocycles. The van der Waals surface area contributed by atoms with E-state index in [2.05, 4.69) is 23.9 Å². The standard InChI is InChI=1S/C14H18Cl2N2O/c1-17(2)11-5-6-18(8-11)9-14(19)10-3-4-12(15)13(16)7-10/h3-4,7,11H,5-6,8-9H2,1-2H3. The molecule has 5 heteroatoms. The zero-order chi connectivity index (χ0) is 14.0. The van der Waals surface area contributed by atoms with Crippen molar-refractivity contribution in [2.45, 2.75) is 12.5 Å². The number of Topliss-reactive ketones (excluding diaryl/α,β-unsaturated/α-hetero) is 1. The second kappa shape index (κ2) is 6.23. The first-order valence-electron chi connectivity index (χ1n) is 6.34. The van der Waals surface area contributed by atoms with Crippen LogP contribution in [0.15, 0.2) is 18.2 Å². The lowest BCUT2D eigenvalue weighted by atomic mass is 10.1. The summed E-state index contributed by atoms with van der Waals surface area (Å²) in [4.78, 5) is 16.6. The van der Waals surface area contributed by atoms with E-state index in [-0.39, 0.29) is 5.78 Å². The Morgan fingerprint density at radius 2 is 2.11 bits per heavy atom. The fraction of sp³-hybridized carbons (Fsp3) is 0.500. The molecule has 0 aromatic heterocycles. The van der Waals surface area contributed by atoms with Crippen LogP contribution in [0.5, 0.6) is 0 Å². The van der Waals surface area contributed by atoms with E-state index >= 15 is 0 Å². The molecule has 0 saturated carbocycles. The van der Waals surface area contributed by atoms with Gasteiger partial charge in [0.05, 0.1) is 16.6 Å². The van der Waals surface area contributed by atoms with Crippen molar-refractivity contribution in [2.75, 3.05) is 33.7 Å². The van der Waals surface area contributed by atoms with E-state index in [1.54, 1.807) is 18.2 Å². The third-order valence-corrected chi connectivity index (χ3v) is 4.33. The van der Waals surface area contributed by atoms with Crippen LogP contribution in [-0.2, 0) is 0 Å². The van der Waals surface area contributed by atoms with Crippen LogP contribution >= 0.6 is 23.2 Å². The van der Waals surface area contributed by atoms with Crippen LogP contribution < -0.4 is 0 Å². The highest BCUT2D eigenvalue weighted by molar-refractivity contribution is 6.42. The maximum atomic E-state index is 12.2. The van der Waals surface area contributed by atoms with E-state index < -0.39 is 0 Å². The van der Waals surface area contributed by atoms with Gasteiger partial charge in [-0.3, -0.25) is 9.69 Å².